The summed E-state index contributed by atoms with van der Waals surface area (Å²) in [5, 5.41) is 21.6. The first-order chi connectivity index (χ1) is 16.9. The fourth-order valence-electron chi connectivity index (χ4n) is 3.26. The van der Waals surface area contributed by atoms with Crippen LogP contribution in [0, 0.1) is 10.1 Å². The van der Waals surface area contributed by atoms with Gasteiger partial charge in [-0.05, 0) is 30.7 Å². The molecule has 4 aromatic rings. The second-order valence-corrected chi connectivity index (χ2v) is 7.20. The van der Waals surface area contributed by atoms with Crippen LogP contribution in [0.2, 0.25) is 0 Å². The van der Waals surface area contributed by atoms with Gasteiger partial charge in [-0.25, -0.2) is 9.78 Å². The maximum atomic E-state index is 13.1. The Labute approximate surface area is 197 Å². The van der Waals surface area contributed by atoms with E-state index in [1.165, 1.54) is 36.5 Å². The van der Waals surface area contributed by atoms with E-state index in [1.54, 1.807) is 31.2 Å². The van der Waals surface area contributed by atoms with Gasteiger partial charge in [-0.2, -0.15) is 0 Å². The number of benzene rings is 2. The van der Waals surface area contributed by atoms with E-state index in [0.717, 1.165) is 10.3 Å². The van der Waals surface area contributed by atoms with Crippen molar-refractivity contribution in [3.05, 3.63) is 98.5 Å². The summed E-state index contributed by atoms with van der Waals surface area (Å²) >= 11 is 0. The Morgan fingerprint density at radius 2 is 1.83 bits per heavy atom. The predicted molar refractivity (Wildman–Crippen MR) is 124 cm³/mol. The third kappa shape index (κ3) is 4.88. The Morgan fingerprint density at radius 1 is 1.11 bits per heavy atom. The predicted octanol–water partition coefficient (Wildman–Crippen LogP) is 3.61. The van der Waals surface area contributed by atoms with E-state index in [9.17, 15) is 24.8 Å². The number of hydrogen-bond acceptors (Lipinski definition) is 9. The number of nitrogens with zero attached hydrogens (tertiary/aromatic N) is 3. The first-order valence-electron chi connectivity index (χ1n) is 10.4. The van der Waals surface area contributed by atoms with Crippen LogP contribution in [0.1, 0.15) is 22.8 Å². The molecule has 0 radical (unpaired) electrons. The van der Waals surface area contributed by atoms with Crippen molar-refractivity contribution < 1.29 is 29.1 Å². The van der Waals surface area contributed by atoms with Crippen molar-refractivity contribution in [3.63, 3.8) is 0 Å². The van der Waals surface area contributed by atoms with Crippen molar-refractivity contribution >= 4 is 22.7 Å². The van der Waals surface area contributed by atoms with Gasteiger partial charge in [0.2, 0.25) is 0 Å². The minimum atomic E-state index is -1.02. The summed E-state index contributed by atoms with van der Waals surface area (Å²) in [5.41, 5.74) is -0.933. The van der Waals surface area contributed by atoms with Crippen LogP contribution in [0.3, 0.4) is 0 Å². The molecule has 11 nitrogen and oxygen atoms in total. The van der Waals surface area contributed by atoms with E-state index in [1.807, 2.05) is 6.07 Å². The number of ether oxygens (including phenoxy) is 2. The van der Waals surface area contributed by atoms with Gasteiger partial charge in [-0.15, -0.1) is 4.73 Å². The van der Waals surface area contributed by atoms with Crippen LogP contribution in [0.15, 0.2) is 71.7 Å². The molecule has 0 saturated carbocycles. The first-order valence-corrected chi connectivity index (χ1v) is 10.4. The third-order valence-electron chi connectivity index (χ3n) is 4.89. The van der Waals surface area contributed by atoms with Crippen molar-refractivity contribution in [1.29, 1.82) is 0 Å². The molecule has 2 aromatic heterocycles. The number of esters is 1. The monoisotopic (exact) mass is 477 g/mol. The second kappa shape index (κ2) is 9.91. The molecule has 2 aromatic carbocycles. The summed E-state index contributed by atoms with van der Waals surface area (Å²) in [6, 6.07) is 15.7. The van der Waals surface area contributed by atoms with Crippen LogP contribution in [0.5, 0.6) is 17.2 Å². The van der Waals surface area contributed by atoms with Gasteiger partial charge in [0.15, 0.2) is 11.2 Å². The molecule has 0 fully saturated rings. The standard InChI is InChI=1S/C24H19N3O8/c1-2-33-24(30)20-21(28)19-12-18(35-17-10-8-16(9-11-17)27(31)32)13-25-22(19)26(23(20)29)34-14-15-6-4-3-5-7-15/h3-13,28H,2,14H2,1H3. The Kier molecular flexibility index (Phi) is 6.58. The summed E-state index contributed by atoms with van der Waals surface area (Å²) in [6.07, 6.45) is 1.29. The maximum Gasteiger partial charge on any atom is 0.347 e. The molecule has 0 bridgehead atoms. The smallest absolute Gasteiger partial charge is 0.347 e. The van der Waals surface area contributed by atoms with Crippen molar-refractivity contribution in [1.82, 2.24) is 9.71 Å². The van der Waals surface area contributed by atoms with Gasteiger partial charge in [-0.1, -0.05) is 30.3 Å². The molecule has 11 heteroatoms. The number of nitro groups is 1. The largest absolute Gasteiger partial charge is 0.506 e. The van der Waals surface area contributed by atoms with E-state index in [2.05, 4.69) is 4.98 Å². The molecule has 4 rings (SSSR count). The van der Waals surface area contributed by atoms with Crippen LogP contribution >= 0.6 is 0 Å². The number of carbonyl (C=O) groups excluding carboxylic acids is 1. The molecule has 178 valence electrons. The van der Waals surface area contributed by atoms with E-state index in [0.29, 0.717) is 0 Å². The summed E-state index contributed by atoms with van der Waals surface area (Å²) in [6.45, 7) is 1.55. The number of carbonyl (C=O) groups is 1. The van der Waals surface area contributed by atoms with E-state index in [-0.39, 0.29) is 41.4 Å². The lowest BCUT2D eigenvalue weighted by Crippen LogP contribution is -2.32. The van der Waals surface area contributed by atoms with Crippen LogP contribution in [-0.4, -0.2) is 32.3 Å². The summed E-state index contributed by atoms with van der Waals surface area (Å²) in [7, 11) is 0. The molecule has 0 saturated heterocycles. The minimum Gasteiger partial charge on any atom is -0.506 e. The molecule has 0 amide bonds. The number of aromatic nitrogens is 2. The molecule has 1 N–H and O–H groups in total. The first kappa shape index (κ1) is 23.2. The topological polar surface area (TPSA) is 143 Å². The number of fused-ring (bicyclic) bond motifs is 1. The van der Waals surface area contributed by atoms with Gasteiger partial charge in [0.05, 0.1) is 23.1 Å². The maximum absolute atomic E-state index is 13.1. The highest BCUT2D eigenvalue weighted by molar-refractivity contribution is 5.98. The molecule has 0 unspecified atom stereocenters. The molecule has 2 heterocycles. The van der Waals surface area contributed by atoms with E-state index < -0.39 is 27.8 Å². The van der Waals surface area contributed by atoms with Crippen LogP contribution in [-0.2, 0) is 11.3 Å². The molecule has 35 heavy (non-hydrogen) atoms. The summed E-state index contributed by atoms with van der Waals surface area (Å²) in [4.78, 5) is 45.7. The fraction of sp³-hybridized carbons (Fsp3) is 0.125. The lowest BCUT2D eigenvalue weighted by atomic mass is 10.1. The zero-order chi connectivity index (χ0) is 24.9. The van der Waals surface area contributed by atoms with Gasteiger partial charge in [-0.3, -0.25) is 14.9 Å². The lowest BCUT2D eigenvalue weighted by molar-refractivity contribution is -0.384. The van der Waals surface area contributed by atoms with Crippen molar-refractivity contribution in [2.45, 2.75) is 13.5 Å². The van der Waals surface area contributed by atoms with E-state index >= 15 is 0 Å². The molecule has 0 aliphatic heterocycles. The number of pyridine rings is 2. The molecule has 0 aliphatic carbocycles. The Hall–Kier alpha value is -4.93. The Balaban J connectivity index is 1.77. The van der Waals surface area contributed by atoms with Gasteiger partial charge in [0.1, 0.15) is 23.9 Å². The summed E-state index contributed by atoms with van der Waals surface area (Å²) in [5.74, 6) is -1.24. The molecule has 0 spiro atoms. The molecule has 0 aliphatic rings. The number of aromatic hydroxyl groups is 1. The highest BCUT2D eigenvalue weighted by Crippen LogP contribution is 2.31. The Morgan fingerprint density at radius 3 is 2.49 bits per heavy atom. The minimum absolute atomic E-state index is 0.000117. The SMILES string of the molecule is CCOC(=O)c1c(O)c2cc(Oc3ccc([N+](=O)[O-])cc3)cnc2n(OCc2ccccc2)c1=O. The molecule has 0 atom stereocenters. The average molecular weight is 477 g/mol. The fourth-order valence-corrected chi connectivity index (χ4v) is 3.26. The van der Waals surface area contributed by atoms with Crippen molar-refractivity contribution in [2.24, 2.45) is 0 Å². The number of hydrogen-bond donors (Lipinski definition) is 1. The normalized spacial score (nSPS) is 10.7. The van der Waals surface area contributed by atoms with Gasteiger partial charge in [0.25, 0.3) is 5.69 Å². The van der Waals surface area contributed by atoms with E-state index in [4.69, 9.17) is 14.3 Å². The highest BCUT2D eigenvalue weighted by Gasteiger charge is 2.25. The second-order valence-electron chi connectivity index (χ2n) is 7.20. The van der Waals surface area contributed by atoms with Gasteiger partial charge in [0, 0.05) is 12.1 Å². The number of non-ortho nitro benzene ring substituents is 1. The van der Waals surface area contributed by atoms with Gasteiger partial charge < -0.3 is 19.4 Å². The van der Waals surface area contributed by atoms with Crippen LogP contribution in [0.4, 0.5) is 5.69 Å². The molecular weight excluding hydrogens is 458 g/mol. The van der Waals surface area contributed by atoms with Crippen LogP contribution in [0.25, 0.3) is 11.0 Å². The van der Waals surface area contributed by atoms with Crippen LogP contribution < -0.4 is 15.1 Å². The quantitative estimate of drug-likeness (QED) is 0.229. The average Bonchev–Trinajstić information content (AvgIpc) is 2.85. The Bertz CT molecular complexity index is 1450. The zero-order valence-electron chi connectivity index (χ0n) is 18.4. The van der Waals surface area contributed by atoms with Crippen molar-refractivity contribution in [2.75, 3.05) is 6.61 Å². The zero-order valence-corrected chi connectivity index (χ0v) is 18.4. The number of rotatable bonds is 8. The molecular formula is C24H19N3O8. The van der Waals surface area contributed by atoms with Crippen molar-refractivity contribution in [3.8, 4) is 17.2 Å². The van der Waals surface area contributed by atoms with Gasteiger partial charge >= 0.3 is 11.5 Å². The summed E-state index contributed by atoms with van der Waals surface area (Å²) < 4.78 is 11.4. The highest BCUT2D eigenvalue weighted by atomic mass is 16.7. The lowest BCUT2D eigenvalue weighted by Gasteiger charge is -2.15. The number of nitro benzene ring substituents is 1. The third-order valence-corrected chi connectivity index (χ3v) is 4.89.